The van der Waals surface area contributed by atoms with Gasteiger partial charge in [0.15, 0.2) is 0 Å². The molecule has 2 N–H and O–H groups in total. The van der Waals surface area contributed by atoms with Crippen molar-refractivity contribution in [1.29, 1.82) is 0 Å². The van der Waals surface area contributed by atoms with E-state index in [1.54, 1.807) is 0 Å². The molecule has 0 aliphatic heterocycles. The third-order valence-electron chi connectivity index (χ3n) is 2.14. The molecule has 1 amide bonds. The number of rotatable bonds is 4. The summed E-state index contributed by atoms with van der Waals surface area (Å²) >= 11 is 3.35. The Morgan fingerprint density at radius 1 is 1.24 bits per heavy atom. The van der Waals surface area contributed by atoms with Crippen molar-refractivity contribution in [3.8, 4) is 0 Å². The Morgan fingerprint density at radius 3 is 2.35 bits per heavy atom. The van der Waals surface area contributed by atoms with Gasteiger partial charge in [0.1, 0.15) is 0 Å². The molecule has 0 saturated carbocycles. The van der Waals surface area contributed by atoms with Crippen LogP contribution in [-0.4, -0.2) is 18.0 Å². The molecule has 0 spiro atoms. The number of amides is 1. The Kier molecular flexibility index (Phi) is 5.15. The van der Waals surface area contributed by atoms with Gasteiger partial charge in [-0.2, -0.15) is 0 Å². The number of halogens is 1. The van der Waals surface area contributed by atoms with Crippen LogP contribution in [-0.2, 0) is 4.79 Å². The van der Waals surface area contributed by atoms with Gasteiger partial charge in [-0.1, -0.05) is 15.9 Å². The summed E-state index contributed by atoms with van der Waals surface area (Å²) in [5.74, 6) is 0.0315. The zero-order chi connectivity index (χ0) is 12.9. The maximum atomic E-state index is 11.6. The molecule has 1 aromatic rings. The lowest BCUT2D eigenvalue weighted by Crippen LogP contribution is -2.37. The number of carbonyl (C=O) groups is 1. The van der Waals surface area contributed by atoms with Crippen LogP contribution in [0.4, 0.5) is 5.69 Å². The molecule has 94 valence electrons. The second-order valence-electron chi connectivity index (χ2n) is 4.98. The molecule has 17 heavy (non-hydrogen) atoms. The SMILES string of the molecule is CC(C)(C)NCCC(=O)Nc1ccc(Br)cc1. The number of nitrogens with one attached hydrogen (secondary N) is 2. The molecule has 1 rings (SSSR count). The van der Waals surface area contributed by atoms with Gasteiger partial charge >= 0.3 is 0 Å². The smallest absolute Gasteiger partial charge is 0.225 e. The minimum absolute atomic E-state index is 0.0315. The van der Waals surface area contributed by atoms with Gasteiger partial charge in [-0.05, 0) is 45.0 Å². The van der Waals surface area contributed by atoms with Crippen LogP contribution in [0.3, 0.4) is 0 Å². The standard InChI is InChI=1S/C13H19BrN2O/c1-13(2,3)15-9-8-12(17)16-11-6-4-10(14)5-7-11/h4-7,15H,8-9H2,1-3H3,(H,16,17). The van der Waals surface area contributed by atoms with E-state index in [0.717, 1.165) is 10.2 Å². The van der Waals surface area contributed by atoms with Crippen molar-refractivity contribution in [3.63, 3.8) is 0 Å². The zero-order valence-electron chi connectivity index (χ0n) is 10.5. The predicted molar refractivity (Wildman–Crippen MR) is 75.1 cm³/mol. The quantitative estimate of drug-likeness (QED) is 0.896. The highest BCUT2D eigenvalue weighted by molar-refractivity contribution is 9.10. The molecular formula is C13H19BrN2O. The van der Waals surface area contributed by atoms with Crippen LogP contribution in [0.1, 0.15) is 27.2 Å². The first-order valence-corrected chi connectivity index (χ1v) is 6.46. The van der Waals surface area contributed by atoms with E-state index in [9.17, 15) is 4.79 Å². The highest BCUT2D eigenvalue weighted by Crippen LogP contribution is 2.14. The van der Waals surface area contributed by atoms with E-state index in [-0.39, 0.29) is 11.4 Å². The molecule has 0 aliphatic rings. The van der Waals surface area contributed by atoms with Crippen LogP contribution in [0, 0.1) is 0 Å². The van der Waals surface area contributed by atoms with Gasteiger partial charge in [-0.25, -0.2) is 0 Å². The summed E-state index contributed by atoms with van der Waals surface area (Å²) in [4.78, 5) is 11.6. The molecule has 0 radical (unpaired) electrons. The van der Waals surface area contributed by atoms with Crippen molar-refractivity contribution in [2.45, 2.75) is 32.7 Å². The number of carbonyl (C=O) groups excluding carboxylic acids is 1. The second kappa shape index (κ2) is 6.17. The van der Waals surface area contributed by atoms with E-state index < -0.39 is 0 Å². The summed E-state index contributed by atoms with van der Waals surface area (Å²) in [5.41, 5.74) is 0.881. The van der Waals surface area contributed by atoms with Gasteiger partial charge in [0.2, 0.25) is 5.91 Å². The third-order valence-corrected chi connectivity index (χ3v) is 2.66. The van der Waals surface area contributed by atoms with Crippen LogP contribution in [0.15, 0.2) is 28.7 Å². The van der Waals surface area contributed by atoms with E-state index >= 15 is 0 Å². The normalized spacial score (nSPS) is 11.3. The third kappa shape index (κ3) is 6.44. The Balaban J connectivity index is 2.32. The molecule has 4 heteroatoms. The van der Waals surface area contributed by atoms with E-state index in [2.05, 4.69) is 47.3 Å². The predicted octanol–water partition coefficient (Wildman–Crippen LogP) is 3.17. The monoisotopic (exact) mass is 298 g/mol. The van der Waals surface area contributed by atoms with Crippen molar-refractivity contribution < 1.29 is 4.79 Å². The summed E-state index contributed by atoms with van der Waals surface area (Å²) in [5, 5.41) is 6.13. The van der Waals surface area contributed by atoms with E-state index in [4.69, 9.17) is 0 Å². The highest BCUT2D eigenvalue weighted by atomic mass is 79.9. The Bertz CT molecular complexity index is 368. The van der Waals surface area contributed by atoms with Crippen LogP contribution < -0.4 is 10.6 Å². The topological polar surface area (TPSA) is 41.1 Å². The van der Waals surface area contributed by atoms with Gasteiger partial charge in [0.05, 0.1) is 0 Å². The number of hydrogen-bond donors (Lipinski definition) is 2. The maximum Gasteiger partial charge on any atom is 0.225 e. The molecule has 0 saturated heterocycles. The summed E-state index contributed by atoms with van der Waals surface area (Å²) in [7, 11) is 0. The average Bonchev–Trinajstić information content (AvgIpc) is 2.19. The maximum absolute atomic E-state index is 11.6. The van der Waals surface area contributed by atoms with Gasteiger partial charge in [-0.3, -0.25) is 4.79 Å². The van der Waals surface area contributed by atoms with Crippen molar-refractivity contribution in [3.05, 3.63) is 28.7 Å². The Labute approximate surface area is 111 Å². The molecular weight excluding hydrogens is 280 g/mol. The number of anilines is 1. The van der Waals surface area contributed by atoms with Crippen molar-refractivity contribution >= 4 is 27.5 Å². The average molecular weight is 299 g/mol. The summed E-state index contributed by atoms with van der Waals surface area (Å²) < 4.78 is 1.00. The number of hydrogen-bond acceptors (Lipinski definition) is 2. The molecule has 0 atom stereocenters. The fourth-order valence-corrected chi connectivity index (χ4v) is 1.57. The first-order chi connectivity index (χ1) is 7.87. The molecule has 0 bridgehead atoms. The highest BCUT2D eigenvalue weighted by Gasteiger charge is 2.09. The first kappa shape index (κ1) is 14.2. The van der Waals surface area contributed by atoms with Gasteiger partial charge in [0.25, 0.3) is 0 Å². The number of benzene rings is 1. The lowest BCUT2D eigenvalue weighted by Gasteiger charge is -2.20. The molecule has 0 aromatic heterocycles. The fraction of sp³-hybridized carbons (Fsp3) is 0.462. The van der Waals surface area contributed by atoms with E-state index in [1.807, 2.05) is 24.3 Å². The molecule has 1 aromatic carbocycles. The summed E-state index contributed by atoms with van der Waals surface area (Å²) in [6, 6.07) is 7.56. The first-order valence-electron chi connectivity index (χ1n) is 5.67. The van der Waals surface area contributed by atoms with Crippen LogP contribution in [0.2, 0.25) is 0 Å². The molecule has 0 aliphatic carbocycles. The lowest BCUT2D eigenvalue weighted by atomic mass is 10.1. The second-order valence-corrected chi connectivity index (χ2v) is 5.90. The van der Waals surface area contributed by atoms with Gasteiger partial charge in [-0.15, -0.1) is 0 Å². The Morgan fingerprint density at radius 2 is 1.82 bits per heavy atom. The summed E-state index contributed by atoms with van der Waals surface area (Å²) in [6.45, 7) is 6.94. The fourth-order valence-electron chi connectivity index (χ4n) is 1.31. The van der Waals surface area contributed by atoms with E-state index in [0.29, 0.717) is 13.0 Å². The molecule has 0 unspecified atom stereocenters. The summed E-state index contributed by atoms with van der Waals surface area (Å²) in [6.07, 6.45) is 0.479. The van der Waals surface area contributed by atoms with E-state index in [1.165, 1.54) is 0 Å². The van der Waals surface area contributed by atoms with Crippen molar-refractivity contribution in [2.75, 3.05) is 11.9 Å². The van der Waals surface area contributed by atoms with Crippen LogP contribution >= 0.6 is 15.9 Å². The van der Waals surface area contributed by atoms with Gasteiger partial charge < -0.3 is 10.6 Å². The van der Waals surface area contributed by atoms with Gasteiger partial charge in [0, 0.05) is 28.7 Å². The largest absolute Gasteiger partial charge is 0.326 e. The van der Waals surface area contributed by atoms with Crippen molar-refractivity contribution in [1.82, 2.24) is 5.32 Å². The van der Waals surface area contributed by atoms with Crippen molar-refractivity contribution in [2.24, 2.45) is 0 Å². The lowest BCUT2D eigenvalue weighted by molar-refractivity contribution is -0.116. The minimum atomic E-state index is 0.0315. The Hall–Kier alpha value is -0.870. The minimum Gasteiger partial charge on any atom is -0.326 e. The molecule has 3 nitrogen and oxygen atoms in total. The van der Waals surface area contributed by atoms with Crippen LogP contribution in [0.5, 0.6) is 0 Å². The zero-order valence-corrected chi connectivity index (χ0v) is 12.1. The molecule has 0 fully saturated rings. The van der Waals surface area contributed by atoms with Crippen LogP contribution in [0.25, 0.3) is 0 Å². The molecule has 0 heterocycles.